The molecule has 0 heterocycles. The number of carbonyl (C=O) groups excluding carboxylic acids is 1. The standard InChI is InChI=1S/C20H26N2O3S2/c1-2-3-4-8-15-21-27(24,25)19-13-11-17(12-14-19)22-20(23)16-26-18-9-6-5-7-10-18/h5-7,9-14,21H,2-4,8,15-16H2,1H3,(H,22,23). The Morgan fingerprint density at radius 3 is 2.33 bits per heavy atom. The van der Waals surface area contributed by atoms with E-state index in [1.807, 2.05) is 30.3 Å². The van der Waals surface area contributed by atoms with Crippen molar-refractivity contribution in [1.82, 2.24) is 4.72 Å². The average Bonchev–Trinajstić information content (AvgIpc) is 2.67. The minimum atomic E-state index is -3.51. The van der Waals surface area contributed by atoms with Crippen LogP contribution in [0.2, 0.25) is 0 Å². The normalized spacial score (nSPS) is 11.3. The first-order chi connectivity index (χ1) is 13.0. The fourth-order valence-electron chi connectivity index (χ4n) is 2.42. The summed E-state index contributed by atoms with van der Waals surface area (Å²) < 4.78 is 27.1. The summed E-state index contributed by atoms with van der Waals surface area (Å²) in [4.78, 5) is 13.3. The second-order valence-corrected chi connectivity index (χ2v) is 8.95. The van der Waals surface area contributed by atoms with Crippen LogP contribution in [0, 0.1) is 0 Å². The van der Waals surface area contributed by atoms with Crippen LogP contribution in [0.3, 0.4) is 0 Å². The van der Waals surface area contributed by atoms with Gasteiger partial charge in [0.25, 0.3) is 0 Å². The molecular formula is C20H26N2O3S2. The van der Waals surface area contributed by atoms with Crippen molar-refractivity contribution in [3.8, 4) is 0 Å². The molecular weight excluding hydrogens is 380 g/mol. The maximum absolute atomic E-state index is 12.3. The van der Waals surface area contributed by atoms with Crippen LogP contribution >= 0.6 is 11.8 Å². The van der Waals surface area contributed by atoms with Crippen LogP contribution in [0.4, 0.5) is 5.69 Å². The largest absolute Gasteiger partial charge is 0.325 e. The van der Waals surface area contributed by atoms with Crippen molar-refractivity contribution in [3.63, 3.8) is 0 Å². The summed E-state index contributed by atoms with van der Waals surface area (Å²) in [6.07, 6.45) is 4.08. The molecule has 2 N–H and O–H groups in total. The van der Waals surface area contributed by atoms with E-state index in [1.54, 1.807) is 12.1 Å². The minimum Gasteiger partial charge on any atom is -0.325 e. The Morgan fingerprint density at radius 1 is 0.963 bits per heavy atom. The maximum Gasteiger partial charge on any atom is 0.240 e. The highest BCUT2D eigenvalue weighted by molar-refractivity contribution is 8.00. The van der Waals surface area contributed by atoms with E-state index < -0.39 is 10.0 Å². The van der Waals surface area contributed by atoms with Crippen molar-refractivity contribution >= 4 is 33.4 Å². The molecule has 0 saturated carbocycles. The highest BCUT2D eigenvalue weighted by Gasteiger charge is 2.13. The third-order valence-corrected chi connectivity index (χ3v) is 6.37. The molecule has 5 nitrogen and oxygen atoms in total. The van der Waals surface area contributed by atoms with Gasteiger partial charge in [-0.1, -0.05) is 44.4 Å². The third kappa shape index (κ3) is 7.74. The van der Waals surface area contributed by atoms with E-state index in [4.69, 9.17) is 0 Å². The summed E-state index contributed by atoms with van der Waals surface area (Å²) in [5.74, 6) is 0.164. The smallest absolute Gasteiger partial charge is 0.240 e. The number of hydrogen-bond acceptors (Lipinski definition) is 4. The molecule has 146 valence electrons. The minimum absolute atomic E-state index is 0.131. The zero-order valence-corrected chi connectivity index (χ0v) is 17.1. The number of hydrogen-bond donors (Lipinski definition) is 2. The Kier molecular flexibility index (Phi) is 8.84. The van der Waals surface area contributed by atoms with Gasteiger partial charge < -0.3 is 5.32 Å². The highest BCUT2D eigenvalue weighted by atomic mass is 32.2. The van der Waals surface area contributed by atoms with Gasteiger partial charge in [-0.05, 0) is 42.8 Å². The summed E-state index contributed by atoms with van der Waals surface area (Å²) in [5, 5.41) is 2.78. The lowest BCUT2D eigenvalue weighted by molar-refractivity contribution is -0.113. The topological polar surface area (TPSA) is 75.3 Å². The maximum atomic E-state index is 12.3. The average molecular weight is 407 g/mol. The van der Waals surface area contributed by atoms with E-state index in [9.17, 15) is 13.2 Å². The van der Waals surface area contributed by atoms with Crippen LogP contribution < -0.4 is 10.0 Å². The van der Waals surface area contributed by atoms with E-state index in [0.717, 1.165) is 30.6 Å². The van der Waals surface area contributed by atoms with Gasteiger partial charge in [-0.2, -0.15) is 0 Å². The second kappa shape index (κ2) is 11.1. The Hall–Kier alpha value is -1.83. The number of unbranched alkanes of at least 4 members (excludes halogenated alkanes) is 3. The fourth-order valence-corrected chi connectivity index (χ4v) is 4.22. The molecule has 2 aromatic carbocycles. The summed E-state index contributed by atoms with van der Waals surface area (Å²) in [7, 11) is -3.51. The van der Waals surface area contributed by atoms with Crippen molar-refractivity contribution in [1.29, 1.82) is 0 Å². The van der Waals surface area contributed by atoms with Crippen LogP contribution in [-0.2, 0) is 14.8 Å². The molecule has 0 aliphatic rings. The van der Waals surface area contributed by atoms with Crippen molar-refractivity contribution in [2.45, 2.75) is 42.4 Å². The molecule has 0 radical (unpaired) electrons. The van der Waals surface area contributed by atoms with E-state index in [0.29, 0.717) is 18.0 Å². The number of amides is 1. The van der Waals surface area contributed by atoms with Crippen molar-refractivity contribution in [3.05, 3.63) is 54.6 Å². The number of anilines is 1. The van der Waals surface area contributed by atoms with Crippen molar-refractivity contribution < 1.29 is 13.2 Å². The Labute approximate surface area is 166 Å². The monoisotopic (exact) mass is 406 g/mol. The van der Waals surface area contributed by atoms with Gasteiger partial charge >= 0.3 is 0 Å². The molecule has 2 rings (SSSR count). The van der Waals surface area contributed by atoms with E-state index in [1.165, 1.54) is 23.9 Å². The highest BCUT2D eigenvalue weighted by Crippen LogP contribution is 2.18. The van der Waals surface area contributed by atoms with Crippen LogP contribution in [0.15, 0.2) is 64.4 Å². The van der Waals surface area contributed by atoms with Crippen LogP contribution in [0.25, 0.3) is 0 Å². The summed E-state index contributed by atoms with van der Waals surface area (Å²) >= 11 is 1.45. The van der Waals surface area contributed by atoms with Crippen molar-refractivity contribution in [2.75, 3.05) is 17.6 Å². The third-order valence-electron chi connectivity index (χ3n) is 3.88. The predicted octanol–water partition coefficient (Wildman–Crippen LogP) is 4.28. The first kappa shape index (κ1) is 21.5. The molecule has 0 unspecified atom stereocenters. The number of carbonyl (C=O) groups is 1. The summed E-state index contributed by atoms with van der Waals surface area (Å²) in [5.41, 5.74) is 0.579. The van der Waals surface area contributed by atoms with Gasteiger partial charge in [-0.3, -0.25) is 4.79 Å². The second-order valence-electron chi connectivity index (χ2n) is 6.13. The van der Waals surface area contributed by atoms with Crippen LogP contribution in [0.5, 0.6) is 0 Å². The molecule has 0 aliphatic carbocycles. The Balaban J connectivity index is 1.82. The first-order valence-corrected chi connectivity index (χ1v) is 11.6. The lowest BCUT2D eigenvalue weighted by Crippen LogP contribution is -2.24. The van der Waals surface area contributed by atoms with Crippen molar-refractivity contribution in [2.24, 2.45) is 0 Å². The van der Waals surface area contributed by atoms with E-state index in [2.05, 4.69) is 17.0 Å². The molecule has 0 atom stereocenters. The number of rotatable bonds is 11. The molecule has 0 spiro atoms. The molecule has 27 heavy (non-hydrogen) atoms. The molecule has 0 fully saturated rings. The molecule has 7 heteroatoms. The van der Waals surface area contributed by atoms with Gasteiger partial charge in [0.15, 0.2) is 0 Å². The van der Waals surface area contributed by atoms with Gasteiger partial charge in [-0.15, -0.1) is 11.8 Å². The van der Waals surface area contributed by atoms with E-state index >= 15 is 0 Å². The summed E-state index contributed by atoms with van der Waals surface area (Å²) in [6.45, 7) is 2.56. The van der Waals surface area contributed by atoms with Crippen LogP contribution in [-0.4, -0.2) is 26.6 Å². The number of thioether (sulfide) groups is 1. The fraction of sp³-hybridized carbons (Fsp3) is 0.350. The molecule has 0 aliphatic heterocycles. The Bertz CT molecular complexity index is 807. The lowest BCUT2D eigenvalue weighted by Gasteiger charge is -2.09. The Morgan fingerprint density at radius 2 is 1.67 bits per heavy atom. The van der Waals surface area contributed by atoms with Gasteiger partial charge in [0, 0.05) is 17.1 Å². The summed E-state index contributed by atoms with van der Waals surface area (Å²) in [6, 6.07) is 15.9. The quantitative estimate of drug-likeness (QED) is 0.431. The van der Waals surface area contributed by atoms with Gasteiger partial charge in [0.2, 0.25) is 15.9 Å². The first-order valence-electron chi connectivity index (χ1n) is 9.08. The molecule has 2 aromatic rings. The lowest BCUT2D eigenvalue weighted by atomic mass is 10.2. The van der Waals surface area contributed by atoms with Crippen LogP contribution in [0.1, 0.15) is 32.6 Å². The predicted molar refractivity (Wildman–Crippen MR) is 112 cm³/mol. The van der Waals surface area contributed by atoms with Gasteiger partial charge in [0.1, 0.15) is 0 Å². The zero-order valence-electron chi connectivity index (χ0n) is 15.5. The van der Waals surface area contributed by atoms with E-state index in [-0.39, 0.29) is 10.8 Å². The van der Waals surface area contributed by atoms with Gasteiger partial charge in [0.05, 0.1) is 10.6 Å². The molecule has 0 saturated heterocycles. The number of sulfonamides is 1. The number of benzene rings is 2. The van der Waals surface area contributed by atoms with Gasteiger partial charge in [-0.25, -0.2) is 13.1 Å². The molecule has 0 bridgehead atoms. The molecule has 0 aromatic heterocycles. The SMILES string of the molecule is CCCCCCNS(=O)(=O)c1ccc(NC(=O)CSc2ccccc2)cc1. The number of nitrogens with one attached hydrogen (secondary N) is 2. The molecule has 1 amide bonds. The zero-order chi connectivity index (χ0) is 19.5.